The lowest BCUT2D eigenvalue weighted by molar-refractivity contribution is -0.153. The summed E-state index contributed by atoms with van der Waals surface area (Å²) in [6.07, 6.45) is 3.57. The number of carbonyl (C=O) groups excluding carboxylic acids is 2. The van der Waals surface area contributed by atoms with Gasteiger partial charge in [-0.1, -0.05) is 26.0 Å². The van der Waals surface area contributed by atoms with E-state index in [1.54, 1.807) is 6.92 Å². The van der Waals surface area contributed by atoms with Crippen LogP contribution in [0.1, 0.15) is 20.8 Å². The Morgan fingerprint density at radius 3 is 3.00 bits per heavy atom. The van der Waals surface area contributed by atoms with Crippen LogP contribution in [-0.2, 0) is 19.1 Å². The van der Waals surface area contributed by atoms with Crippen molar-refractivity contribution in [2.24, 2.45) is 17.8 Å². The predicted octanol–water partition coefficient (Wildman–Crippen LogP) is 0.987. The lowest BCUT2D eigenvalue weighted by Gasteiger charge is -2.22. The summed E-state index contributed by atoms with van der Waals surface area (Å²) in [4.78, 5) is 26.6. The van der Waals surface area contributed by atoms with Crippen LogP contribution in [0.25, 0.3) is 0 Å². The van der Waals surface area contributed by atoms with Gasteiger partial charge in [-0.2, -0.15) is 0 Å². The van der Waals surface area contributed by atoms with Crippen molar-refractivity contribution in [3.8, 4) is 0 Å². The van der Waals surface area contributed by atoms with E-state index in [4.69, 9.17) is 9.47 Å². The molecule has 0 aliphatic carbocycles. The standard InChI is InChI=1S/C15H21NO4/c1-4-19-14(18)11-10-5-6-15(20-10)8-16(7-9(2)3)13(17)12(11)15/h5-6,9-12H,4,7-8H2,1-3H3/t10-,11-,12+,15-/m1/s1. The summed E-state index contributed by atoms with van der Waals surface area (Å²) in [6, 6.07) is 0. The molecule has 3 aliphatic heterocycles. The molecule has 2 saturated heterocycles. The maximum Gasteiger partial charge on any atom is 0.312 e. The molecule has 0 aromatic heterocycles. The Kier molecular flexibility index (Phi) is 3.12. The van der Waals surface area contributed by atoms with Crippen LogP contribution in [0.3, 0.4) is 0 Å². The molecule has 0 radical (unpaired) electrons. The SMILES string of the molecule is CCOC(=O)[C@H]1[C@H]2C(=O)N(CC(C)C)C[C@]23C=C[C@H]1O3. The highest BCUT2D eigenvalue weighted by atomic mass is 16.6. The average molecular weight is 279 g/mol. The maximum atomic E-state index is 12.6. The first kappa shape index (κ1) is 13.6. The smallest absolute Gasteiger partial charge is 0.312 e. The Bertz CT molecular complexity index is 472. The first-order valence-corrected chi connectivity index (χ1v) is 7.31. The van der Waals surface area contributed by atoms with Gasteiger partial charge in [-0.15, -0.1) is 0 Å². The molecule has 4 atom stereocenters. The molecule has 2 bridgehead atoms. The van der Waals surface area contributed by atoms with Crippen LogP contribution in [0.5, 0.6) is 0 Å². The van der Waals surface area contributed by atoms with Gasteiger partial charge in [0.25, 0.3) is 0 Å². The van der Waals surface area contributed by atoms with Gasteiger partial charge in [-0.3, -0.25) is 9.59 Å². The van der Waals surface area contributed by atoms with Gasteiger partial charge in [-0.05, 0) is 12.8 Å². The van der Waals surface area contributed by atoms with Gasteiger partial charge in [-0.25, -0.2) is 0 Å². The minimum Gasteiger partial charge on any atom is -0.466 e. The van der Waals surface area contributed by atoms with Crippen LogP contribution in [0.4, 0.5) is 0 Å². The summed E-state index contributed by atoms with van der Waals surface area (Å²) in [7, 11) is 0. The van der Waals surface area contributed by atoms with E-state index in [1.165, 1.54) is 0 Å². The number of nitrogens with zero attached hydrogens (tertiary/aromatic N) is 1. The third kappa shape index (κ3) is 1.79. The van der Waals surface area contributed by atoms with E-state index in [0.717, 1.165) is 0 Å². The van der Waals surface area contributed by atoms with E-state index in [0.29, 0.717) is 25.6 Å². The molecule has 3 rings (SSSR count). The molecule has 1 spiro atoms. The van der Waals surface area contributed by atoms with Crippen molar-refractivity contribution in [2.75, 3.05) is 19.7 Å². The molecular weight excluding hydrogens is 258 g/mol. The number of ether oxygens (including phenoxy) is 2. The van der Waals surface area contributed by atoms with E-state index >= 15 is 0 Å². The fraction of sp³-hybridized carbons (Fsp3) is 0.733. The normalized spacial score (nSPS) is 37.9. The Morgan fingerprint density at radius 1 is 1.60 bits per heavy atom. The van der Waals surface area contributed by atoms with Gasteiger partial charge < -0.3 is 14.4 Å². The largest absolute Gasteiger partial charge is 0.466 e. The van der Waals surface area contributed by atoms with E-state index < -0.39 is 17.4 Å². The highest BCUT2D eigenvalue weighted by molar-refractivity contribution is 5.91. The number of amides is 1. The minimum absolute atomic E-state index is 0.0311. The highest BCUT2D eigenvalue weighted by Gasteiger charge is 2.67. The van der Waals surface area contributed by atoms with Gasteiger partial charge >= 0.3 is 5.97 Å². The Labute approximate surface area is 118 Å². The molecule has 2 fully saturated rings. The fourth-order valence-electron chi connectivity index (χ4n) is 3.68. The Morgan fingerprint density at radius 2 is 2.35 bits per heavy atom. The second kappa shape index (κ2) is 4.58. The summed E-state index contributed by atoms with van der Waals surface area (Å²) in [6.45, 7) is 7.52. The summed E-state index contributed by atoms with van der Waals surface area (Å²) < 4.78 is 11.1. The van der Waals surface area contributed by atoms with Crippen molar-refractivity contribution in [1.82, 2.24) is 4.90 Å². The molecule has 5 nitrogen and oxygen atoms in total. The summed E-state index contributed by atoms with van der Waals surface area (Å²) in [5.74, 6) is -0.770. The first-order chi connectivity index (χ1) is 9.48. The second-order valence-electron chi connectivity index (χ2n) is 6.26. The molecule has 0 N–H and O–H groups in total. The monoisotopic (exact) mass is 279 g/mol. The zero-order valence-corrected chi connectivity index (χ0v) is 12.2. The third-order valence-electron chi connectivity index (χ3n) is 4.32. The number of esters is 1. The van der Waals surface area contributed by atoms with Crippen molar-refractivity contribution in [1.29, 1.82) is 0 Å². The second-order valence-corrected chi connectivity index (χ2v) is 6.26. The van der Waals surface area contributed by atoms with Crippen LogP contribution in [0.2, 0.25) is 0 Å². The number of rotatable bonds is 4. The van der Waals surface area contributed by atoms with E-state index in [2.05, 4.69) is 13.8 Å². The first-order valence-electron chi connectivity index (χ1n) is 7.31. The summed E-state index contributed by atoms with van der Waals surface area (Å²) in [5.41, 5.74) is -0.603. The van der Waals surface area contributed by atoms with E-state index in [-0.39, 0.29) is 18.0 Å². The molecule has 110 valence electrons. The number of hydrogen-bond donors (Lipinski definition) is 0. The van der Waals surface area contributed by atoms with Gasteiger partial charge in [0.05, 0.1) is 25.2 Å². The highest BCUT2D eigenvalue weighted by Crippen LogP contribution is 2.52. The maximum absolute atomic E-state index is 12.6. The summed E-state index contributed by atoms with van der Waals surface area (Å²) >= 11 is 0. The zero-order chi connectivity index (χ0) is 14.5. The van der Waals surface area contributed by atoms with Crippen molar-refractivity contribution in [2.45, 2.75) is 32.5 Å². The Balaban J connectivity index is 1.87. The van der Waals surface area contributed by atoms with Crippen LogP contribution < -0.4 is 0 Å². The number of fused-ring (bicyclic) bond motifs is 1. The average Bonchev–Trinajstić information content (AvgIpc) is 2.98. The molecule has 0 unspecified atom stereocenters. The van der Waals surface area contributed by atoms with Gasteiger partial charge in [0.15, 0.2) is 0 Å². The third-order valence-corrected chi connectivity index (χ3v) is 4.32. The number of likely N-dealkylation sites (tertiary alicyclic amines) is 1. The topological polar surface area (TPSA) is 55.8 Å². The van der Waals surface area contributed by atoms with Crippen molar-refractivity contribution >= 4 is 11.9 Å². The van der Waals surface area contributed by atoms with E-state index in [1.807, 2.05) is 17.1 Å². The molecule has 0 saturated carbocycles. The molecule has 1 amide bonds. The minimum atomic E-state index is -0.603. The molecule has 0 aromatic carbocycles. The van der Waals surface area contributed by atoms with Crippen LogP contribution in [-0.4, -0.2) is 48.2 Å². The zero-order valence-electron chi connectivity index (χ0n) is 12.2. The van der Waals surface area contributed by atoms with Crippen molar-refractivity contribution in [3.05, 3.63) is 12.2 Å². The van der Waals surface area contributed by atoms with Crippen molar-refractivity contribution in [3.63, 3.8) is 0 Å². The predicted molar refractivity (Wildman–Crippen MR) is 71.8 cm³/mol. The molecule has 20 heavy (non-hydrogen) atoms. The molecule has 3 heterocycles. The lowest BCUT2D eigenvalue weighted by atomic mass is 9.77. The van der Waals surface area contributed by atoms with Crippen LogP contribution in [0.15, 0.2) is 12.2 Å². The molecule has 0 aromatic rings. The Hall–Kier alpha value is -1.36. The molecule has 5 heteroatoms. The fourth-order valence-corrected chi connectivity index (χ4v) is 3.68. The van der Waals surface area contributed by atoms with Crippen molar-refractivity contribution < 1.29 is 19.1 Å². The molecular formula is C15H21NO4. The molecule has 3 aliphatic rings. The number of carbonyl (C=O) groups is 2. The summed E-state index contributed by atoms with van der Waals surface area (Å²) in [5, 5.41) is 0. The number of hydrogen-bond acceptors (Lipinski definition) is 4. The van der Waals surface area contributed by atoms with Gasteiger partial charge in [0, 0.05) is 6.54 Å². The lowest BCUT2D eigenvalue weighted by Crippen LogP contribution is -2.40. The van der Waals surface area contributed by atoms with Gasteiger partial charge in [0.1, 0.15) is 11.5 Å². The van der Waals surface area contributed by atoms with E-state index in [9.17, 15) is 9.59 Å². The van der Waals surface area contributed by atoms with Crippen LogP contribution in [0, 0.1) is 17.8 Å². The quantitative estimate of drug-likeness (QED) is 0.569. The van der Waals surface area contributed by atoms with Crippen LogP contribution >= 0.6 is 0 Å². The van der Waals surface area contributed by atoms with Gasteiger partial charge in [0.2, 0.25) is 5.91 Å².